The molecule has 34 heavy (non-hydrogen) atoms. The molecule has 166 valence electrons. The number of fused-ring (bicyclic) bond motifs is 3. The fraction of sp³-hybridized carbons (Fsp3) is 0.0645. The molecule has 2 aliphatic carbocycles. The van der Waals surface area contributed by atoms with Crippen molar-refractivity contribution in [3.63, 3.8) is 0 Å². The van der Waals surface area contributed by atoms with Gasteiger partial charge in [-0.25, -0.2) is 0 Å². The van der Waals surface area contributed by atoms with Gasteiger partial charge in [0.1, 0.15) is 0 Å². The Kier molecular flexibility index (Phi) is 9.60. The molecule has 0 atom stereocenters. The van der Waals surface area contributed by atoms with E-state index >= 15 is 0 Å². The van der Waals surface area contributed by atoms with E-state index in [1.165, 1.54) is 66.4 Å². The van der Waals surface area contributed by atoms with Gasteiger partial charge < -0.3 is 24.8 Å². The molecule has 2 aliphatic rings. The third-order valence-corrected chi connectivity index (χ3v) is 7.38. The van der Waals surface area contributed by atoms with E-state index in [1.807, 2.05) is 0 Å². The number of allylic oxidation sites excluding steroid dienone is 4. The Bertz CT molecular complexity index is 1250. The van der Waals surface area contributed by atoms with Crippen molar-refractivity contribution in [2.45, 2.75) is 12.3 Å². The maximum atomic E-state index is 3.61. The summed E-state index contributed by atoms with van der Waals surface area (Å²) in [5.74, 6) is 0.416. The second kappa shape index (κ2) is 12.4. The van der Waals surface area contributed by atoms with Crippen LogP contribution < -0.4 is 24.8 Å². The van der Waals surface area contributed by atoms with E-state index in [1.54, 1.807) is 0 Å². The monoisotopic (exact) mass is 555 g/mol. The van der Waals surface area contributed by atoms with Crippen LogP contribution in [0.2, 0.25) is 0 Å². The number of hydrogen-bond donors (Lipinski definition) is 0. The van der Waals surface area contributed by atoms with E-state index in [9.17, 15) is 0 Å². The number of rotatable bonds is 3. The first kappa shape index (κ1) is 26.3. The van der Waals surface area contributed by atoms with E-state index in [0.29, 0.717) is 5.92 Å². The summed E-state index contributed by atoms with van der Waals surface area (Å²) in [5, 5.41) is 0. The van der Waals surface area contributed by atoms with Gasteiger partial charge >= 0.3 is 99.2 Å². The predicted molar refractivity (Wildman–Crippen MR) is 131 cm³/mol. The third-order valence-electron chi connectivity index (χ3n) is 5.96. The maximum Gasteiger partial charge on any atom is -0.00217 e. The van der Waals surface area contributed by atoms with Gasteiger partial charge in [0.15, 0.2) is 0 Å². The molecule has 0 radical (unpaired) electrons. The molecule has 0 aliphatic heterocycles. The van der Waals surface area contributed by atoms with Gasteiger partial charge in [-0.05, 0) is 12.3 Å². The average Bonchev–Trinajstić information content (AvgIpc) is 3.53. The molecular formula is C31H23Cl2Zr-. The zero-order valence-electron chi connectivity index (χ0n) is 18.6. The van der Waals surface area contributed by atoms with Crippen molar-refractivity contribution in [1.29, 1.82) is 0 Å². The minimum Gasteiger partial charge on any atom is -0.175 e. The van der Waals surface area contributed by atoms with E-state index in [0.717, 1.165) is 6.42 Å². The first-order chi connectivity index (χ1) is 15.8. The molecule has 4 aromatic carbocycles. The van der Waals surface area contributed by atoms with Gasteiger partial charge in [0.2, 0.25) is 0 Å². The summed E-state index contributed by atoms with van der Waals surface area (Å²) < 4.78 is 1.42. The molecule has 0 saturated heterocycles. The quantitative estimate of drug-likeness (QED) is 0.292. The Morgan fingerprint density at radius 3 is 1.82 bits per heavy atom. The van der Waals surface area contributed by atoms with Gasteiger partial charge in [0.05, 0.1) is 0 Å². The van der Waals surface area contributed by atoms with Crippen LogP contribution in [-0.2, 0) is 30.7 Å². The van der Waals surface area contributed by atoms with Gasteiger partial charge in [-0.2, -0.15) is 23.8 Å². The molecule has 0 nitrogen and oxygen atoms in total. The van der Waals surface area contributed by atoms with Crippen LogP contribution in [0.3, 0.4) is 0 Å². The van der Waals surface area contributed by atoms with Crippen molar-refractivity contribution in [2.75, 3.05) is 0 Å². The van der Waals surface area contributed by atoms with Crippen molar-refractivity contribution in [1.82, 2.24) is 0 Å². The zero-order valence-corrected chi connectivity index (χ0v) is 22.6. The second-order valence-electron chi connectivity index (χ2n) is 8.04. The zero-order chi connectivity index (χ0) is 21.8. The number of benzene rings is 4. The van der Waals surface area contributed by atoms with Crippen LogP contribution in [0, 0.1) is 6.07 Å². The van der Waals surface area contributed by atoms with Gasteiger partial charge in [0, 0.05) is 0 Å². The Balaban J connectivity index is 0.000000186. The van der Waals surface area contributed by atoms with E-state index in [-0.39, 0.29) is 24.8 Å². The molecule has 0 N–H and O–H groups in total. The smallest absolute Gasteiger partial charge is 0.00217 e. The standard InChI is InChI=1S/C18H13.C13H10.2ClH.Zr/c1-2-6-13(5-1)14-9-10-18-16(11-14)12-15-7-3-4-8-17(15)18;1-3-7-12(8-4-1)11-13-9-5-2-6-10-13;;;/h1-10,13H,12H2;1-10H;2*1H;/q-1;;;;+2/p-2. The van der Waals surface area contributed by atoms with Gasteiger partial charge in [-0.3, -0.25) is 0 Å². The van der Waals surface area contributed by atoms with E-state index < -0.39 is 0 Å². The molecule has 0 heterocycles. The molecule has 0 bridgehead atoms. The molecule has 0 fully saturated rings. The summed E-state index contributed by atoms with van der Waals surface area (Å²) in [7, 11) is 0. The number of hydrogen-bond acceptors (Lipinski definition) is 0. The SMILES string of the molecule is [Cl-].[Cl-].[Zr+2]=[C](c1ccccc1)c1ccccc1.[c-]1c(C2C=CC=C2)ccc2c1Cc1ccccc1-2. The molecule has 4 aromatic rings. The summed E-state index contributed by atoms with van der Waals surface area (Å²) in [6.45, 7) is 0. The van der Waals surface area contributed by atoms with Gasteiger partial charge in [0.25, 0.3) is 0 Å². The molecule has 3 heteroatoms. The minimum absolute atomic E-state index is 0. The van der Waals surface area contributed by atoms with Crippen molar-refractivity contribution in [3.8, 4) is 11.1 Å². The topological polar surface area (TPSA) is 0 Å². The second-order valence-corrected chi connectivity index (χ2v) is 9.27. The molecule has 0 unspecified atom stereocenters. The molecule has 0 amide bonds. The Morgan fingerprint density at radius 1 is 0.647 bits per heavy atom. The maximum absolute atomic E-state index is 3.61. The van der Waals surface area contributed by atoms with Crippen molar-refractivity contribution in [2.24, 2.45) is 0 Å². The molecule has 6 rings (SSSR count). The van der Waals surface area contributed by atoms with Crippen LogP contribution >= 0.6 is 0 Å². The van der Waals surface area contributed by atoms with E-state index in [4.69, 9.17) is 0 Å². The van der Waals surface area contributed by atoms with Crippen LogP contribution in [0.1, 0.15) is 33.7 Å². The Labute approximate surface area is 229 Å². The average molecular weight is 558 g/mol. The van der Waals surface area contributed by atoms with Crippen molar-refractivity contribution < 1.29 is 49.0 Å². The number of halogens is 2. The normalized spacial score (nSPS) is 12.5. The van der Waals surface area contributed by atoms with Crippen LogP contribution in [-0.4, -0.2) is 3.21 Å². The first-order valence-corrected chi connectivity index (χ1v) is 12.2. The van der Waals surface area contributed by atoms with E-state index in [2.05, 4.69) is 127 Å². The fourth-order valence-electron chi connectivity index (χ4n) is 4.29. The Morgan fingerprint density at radius 2 is 1.21 bits per heavy atom. The summed E-state index contributed by atoms with van der Waals surface area (Å²) in [6.07, 6.45) is 9.70. The summed E-state index contributed by atoms with van der Waals surface area (Å²) in [5.41, 5.74) is 9.47. The van der Waals surface area contributed by atoms with Crippen molar-refractivity contribution in [3.05, 3.63) is 155 Å². The van der Waals surface area contributed by atoms with Crippen LogP contribution in [0.25, 0.3) is 11.1 Å². The first-order valence-electron chi connectivity index (χ1n) is 11.0. The fourth-order valence-corrected chi connectivity index (χ4v) is 5.11. The van der Waals surface area contributed by atoms with Gasteiger partial charge in [-0.15, -0.1) is 11.1 Å². The minimum atomic E-state index is 0. The van der Waals surface area contributed by atoms with Crippen molar-refractivity contribution >= 4 is 3.21 Å². The molecule has 0 saturated carbocycles. The van der Waals surface area contributed by atoms with Crippen LogP contribution in [0.4, 0.5) is 0 Å². The summed E-state index contributed by atoms with van der Waals surface area (Å²) >= 11 is 1.46. The predicted octanol–water partition coefficient (Wildman–Crippen LogP) is 1.08. The third kappa shape index (κ3) is 5.84. The summed E-state index contributed by atoms with van der Waals surface area (Å²) in [4.78, 5) is 0. The molecule has 0 spiro atoms. The summed E-state index contributed by atoms with van der Waals surface area (Å²) in [6, 6.07) is 37.9. The van der Waals surface area contributed by atoms with Gasteiger partial charge in [-0.1, -0.05) is 59.7 Å². The molecule has 0 aromatic heterocycles. The Hall–Kier alpha value is -2.31. The van der Waals surface area contributed by atoms with Crippen LogP contribution in [0.15, 0.2) is 121 Å². The molecular weight excluding hydrogens is 534 g/mol. The largest absolute Gasteiger partial charge is 0.175 e. The van der Waals surface area contributed by atoms with Crippen LogP contribution in [0.5, 0.6) is 0 Å².